The van der Waals surface area contributed by atoms with Crippen LogP contribution >= 0.6 is 0 Å². The standard InChI is InChI=1S/C14H22FNO3S/c1-3-5-12(8-9-17)10-16-20(18,19)14-7-4-6-13(15)11(14)2/h4,6-7,12,16-17H,3,5,8-10H2,1-2H3. The molecule has 1 aromatic carbocycles. The van der Waals surface area contributed by atoms with Gasteiger partial charge in [0, 0.05) is 18.7 Å². The lowest BCUT2D eigenvalue weighted by Gasteiger charge is -2.16. The molecule has 114 valence electrons. The van der Waals surface area contributed by atoms with E-state index in [-0.39, 0.29) is 29.5 Å². The van der Waals surface area contributed by atoms with Crippen molar-refractivity contribution in [2.75, 3.05) is 13.2 Å². The number of benzene rings is 1. The molecule has 0 aliphatic carbocycles. The Hall–Kier alpha value is -0.980. The lowest BCUT2D eigenvalue weighted by atomic mass is 10.0. The third-order valence-corrected chi connectivity index (χ3v) is 4.87. The molecule has 0 radical (unpaired) electrons. The fourth-order valence-electron chi connectivity index (χ4n) is 2.12. The predicted octanol–water partition coefficient (Wildman–Crippen LogP) is 2.21. The van der Waals surface area contributed by atoms with Crippen LogP contribution in [0.3, 0.4) is 0 Å². The van der Waals surface area contributed by atoms with E-state index in [2.05, 4.69) is 4.72 Å². The van der Waals surface area contributed by atoms with Crippen molar-refractivity contribution in [2.24, 2.45) is 5.92 Å². The number of hydrogen-bond donors (Lipinski definition) is 2. The number of nitrogens with one attached hydrogen (secondary N) is 1. The number of rotatable bonds is 8. The smallest absolute Gasteiger partial charge is 0.240 e. The van der Waals surface area contributed by atoms with E-state index in [4.69, 9.17) is 5.11 Å². The van der Waals surface area contributed by atoms with Crippen molar-refractivity contribution in [2.45, 2.75) is 38.0 Å². The summed E-state index contributed by atoms with van der Waals surface area (Å²) < 4.78 is 40.3. The second-order valence-corrected chi connectivity index (χ2v) is 6.62. The summed E-state index contributed by atoms with van der Waals surface area (Å²) in [6, 6.07) is 4.01. The van der Waals surface area contributed by atoms with Gasteiger partial charge < -0.3 is 5.11 Å². The van der Waals surface area contributed by atoms with E-state index in [1.54, 1.807) is 0 Å². The van der Waals surface area contributed by atoms with Gasteiger partial charge in [0.1, 0.15) is 5.82 Å². The Morgan fingerprint density at radius 2 is 2.05 bits per heavy atom. The second-order valence-electron chi connectivity index (χ2n) is 4.88. The molecule has 2 N–H and O–H groups in total. The average Bonchev–Trinajstić information content (AvgIpc) is 2.39. The normalized spacial score (nSPS) is 13.4. The topological polar surface area (TPSA) is 66.4 Å². The summed E-state index contributed by atoms with van der Waals surface area (Å²) in [5, 5.41) is 8.96. The summed E-state index contributed by atoms with van der Waals surface area (Å²) in [7, 11) is -3.72. The number of aliphatic hydroxyl groups is 1. The number of aliphatic hydroxyl groups excluding tert-OH is 1. The van der Waals surface area contributed by atoms with Crippen molar-refractivity contribution < 1.29 is 17.9 Å². The zero-order valence-electron chi connectivity index (χ0n) is 11.9. The van der Waals surface area contributed by atoms with Gasteiger partial charge in [-0.3, -0.25) is 0 Å². The van der Waals surface area contributed by atoms with Crippen molar-refractivity contribution in [3.05, 3.63) is 29.6 Å². The molecule has 0 aliphatic rings. The van der Waals surface area contributed by atoms with E-state index >= 15 is 0 Å². The van der Waals surface area contributed by atoms with Gasteiger partial charge in [0.25, 0.3) is 0 Å². The van der Waals surface area contributed by atoms with E-state index in [9.17, 15) is 12.8 Å². The molecule has 0 saturated heterocycles. The molecule has 0 spiro atoms. The minimum absolute atomic E-state index is 0.0308. The van der Waals surface area contributed by atoms with Crippen molar-refractivity contribution >= 4 is 10.0 Å². The number of hydrogen-bond acceptors (Lipinski definition) is 3. The lowest BCUT2D eigenvalue weighted by molar-refractivity contribution is 0.251. The Bertz CT molecular complexity index is 525. The molecule has 0 bridgehead atoms. The summed E-state index contributed by atoms with van der Waals surface area (Å²) in [5.74, 6) is -0.443. The fourth-order valence-corrected chi connectivity index (χ4v) is 3.49. The van der Waals surface area contributed by atoms with E-state index in [0.29, 0.717) is 6.42 Å². The van der Waals surface area contributed by atoms with Crippen LogP contribution in [-0.2, 0) is 10.0 Å². The molecule has 0 heterocycles. The van der Waals surface area contributed by atoms with Crippen LogP contribution in [0.1, 0.15) is 31.7 Å². The average molecular weight is 303 g/mol. The maximum absolute atomic E-state index is 13.4. The highest BCUT2D eigenvalue weighted by Crippen LogP contribution is 2.18. The third kappa shape index (κ3) is 4.54. The molecule has 6 heteroatoms. The highest BCUT2D eigenvalue weighted by molar-refractivity contribution is 7.89. The van der Waals surface area contributed by atoms with Gasteiger partial charge in [-0.25, -0.2) is 17.5 Å². The number of sulfonamides is 1. The van der Waals surface area contributed by atoms with E-state index in [1.165, 1.54) is 25.1 Å². The molecule has 1 rings (SSSR count). The van der Waals surface area contributed by atoms with Crippen LogP contribution in [0.5, 0.6) is 0 Å². The first-order valence-corrected chi connectivity index (χ1v) is 8.26. The monoisotopic (exact) mass is 303 g/mol. The SMILES string of the molecule is CCCC(CCO)CNS(=O)(=O)c1cccc(F)c1C. The molecule has 0 amide bonds. The van der Waals surface area contributed by atoms with E-state index < -0.39 is 15.8 Å². The molecule has 1 atom stereocenters. The molecule has 1 aromatic rings. The summed E-state index contributed by atoms with van der Waals surface area (Å²) in [4.78, 5) is -0.0308. The minimum Gasteiger partial charge on any atom is -0.396 e. The van der Waals surface area contributed by atoms with Crippen LogP contribution in [0.15, 0.2) is 23.1 Å². The predicted molar refractivity (Wildman–Crippen MR) is 76.4 cm³/mol. The molecule has 1 unspecified atom stereocenters. The van der Waals surface area contributed by atoms with Crippen LogP contribution in [0, 0.1) is 18.7 Å². The largest absolute Gasteiger partial charge is 0.396 e. The summed E-state index contributed by atoms with van der Waals surface area (Å²) >= 11 is 0. The molecule has 0 fully saturated rings. The van der Waals surface area contributed by atoms with Gasteiger partial charge in [0.2, 0.25) is 10.0 Å². The summed E-state index contributed by atoms with van der Waals surface area (Å²) in [5.41, 5.74) is 0.120. The molecule has 0 aliphatic heterocycles. The Balaban J connectivity index is 2.81. The number of halogens is 1. The van der Waals surface area contributed by atoms with Crippen molar-refractivity contribution in [3.63, 3.8) is 0 Å². The van der Waals surface area contributed by atoms with Crippen LogP contribution in [-0.4, -0.2) is 26.7 Å². The Labute approximate surface area is 120 Å². The van der Waals surface area contributed by atoms with Gasteiger partial charge in [-0.2, -0.15) is 0 Å². The zero-order chi connectivity index (χ0) is 15.2. The van der Waals surface area contributed by atoms with Gasteiger partial charge in [-0.15, -0.1) is 0 Å². The first-order valence-electron chi connectivity index (χ1n) is 6.78. The van der Waals surface area contributed by atoms with Crippen LogP contribution in [0.25, 0.3) is 0 Å². The van der Waals surface area contributed by atoms with Gasteiger partial charge in [0.05, 0.1) is 4.90 Å². The van der Waals surface area contributed by atoms with Crippen molar-refractivity contribution in [1.29, 1.82) is 0 Å². The molecule has 4 nitrogen and oxygen atoms in total. The molecule has 0 aromatic heterocycles. The third-order valence-electron chi connectivity index (χ3n) is 3.30. The minimum atomic E-state index is -3.72. The maximum Gasteiger partial charge on any atom is 0.240 e. The molecular weight excluding hydrogens is 281 g/mol. The van der Waals surface area contributed by atoms with Gasteiger partial charge >= 0.3 is 0 Å². The maximum atomic E-state index is 13.4. The Morgan fingerprint density at radius 1 is 1.35 bits per heavy atom. The first kappa shape index (κ1) is 17.1. The molecular formula is C14H22FNO3S. The highest BCUT2D eigenvalue weighted by Gasteiger charge is 2.20. The van der Waals surface area contributed by atoms with E-state index in [1.807, 2.05) is 6.92 Å². The lowest BCUT2D eigenvalue weighted by Crippen LogP contribution is -2.30. The Kier molecular flexibility index (Phi) is 6.58. The second kappa shape index (κ2) is 7.71. The van der Waals surface area contributed by atoms with E-state index in [0.717, 1.165) is 12.8 Å². The van der Waals surface area contributed by atoms with Gasteiger partial charge in [-0.1, -0.05) is 19.4 Å². The summed E-state index contributed by atoms with van der Waals surface area (Å²) in [6.07, 6.45) is 2.31. The quantitative estimate of drug-likeness (QED) is 0.774. The van der Waals surface area contributed by atoms with Crippen LogP contribution in [0.2, 0.25) is 0 Å². The highest BCUT2D eigenvalue weighted by atomic mass is 32.2. The van der Waals surface area contributed by atoms with Crippen molar-refractivity contribution in [1.82, 2.24) is 4.72 Å². The van der Waals surface area contributed by atoms with Gasteiger partial charge in [-0.05, 0) is 37.8 Å². The van der Waals surface area contributed by atoms with Crippen LogP contribution < -0.4 is 4.72 Å². The van der Waals surface area contributed by atoms with Crippen molar-refractivity contribution in [3.8, 4) is 0 Å². The molecule has 20 heavy (non-hydrogen) atoms. The first-order chi connectivity index (χ1) is 9.42. The molecule has 0 saturated carbocycles. The zero-order valence-corrected chi connectivity index (χ0v) is 12.7. The van der Waals surface area contributed by atoms with Gasteiger partial charge in [0.15, 0.2) is 0 Å². The Morgan fingerprint density at radius 3 is 2.65 bits per heavy atom. The van der Waals surface area contributed by atoms with Crippen LogP contribution in [0.4, 0.5) is 4.39 Å². The fraction of sp³-hybridized carbons (Fsp3) is 0.571. The summed E-state index contributed by atoms with van der Waals surface area (Å²) in [6.45, 7) is 3.74.